The summed E-state index contributed by atoms with van der Waals surface area (Å²) in [5.74, 6) is -0.639. The Morgan fingerprint density at radius 2 is 2.00 bits per heavy atom. The predicted molar refractivity (Wildman–Crippen MR) is 83.8 cm³/mol. The lowest BCUT2D eigenvalue weighted by Crippen LogP contribution is -2.17. The van der Waals surface area contributed by atoms with Gasteiger partial charge in [-0.1, -0.05) is 41.9 Å². The van der Waals surface area contributed by atoms with Crippen LogP contribution in [-0.4, -0.2) is 17.2 Å². The molecule has 0 unspecified atom stereocenters. The van der Waals surface area contributed by atoms with Crippen molar-refractivity contribution in [2.24, 2.45) is 5.10 Å². The predicted octanol–water partition coefficient (Wildman–Crippen LogP) is 3.39. The lowest BCUT2D eigenvalue weighted by molar-refractivity contribution is 0.0952. The molecule has 0 aliphatic heterocycles. The van der Waals surface area contributed by atoms with Gasteiger partial charge in [0.1, 0.15) is 5.75 Å². The molecule has 0 saturated carbocycles. The van der Waals surface area contributed by atoms with E-state index < -0.39 is 5.91 Å². The first-order chi connectivity index (χ1) is 10.2. The lowest BCUT2D eigenvalue weighted by Gasteiger charge is -2.03. The topological polar surface area (TPSA) is 61.7 Å². The number of hydrazone groups is 1. The summed E-state index contributed by atoms with van der Waals surface area (Å²) in [4.78, 5) is 11.8. The van der Waals surface area contributed by atoms with Gasteiger partial charge < -0.3 is 5.11 Å². The summed E-state index contributed by atoms with van der Waals surface area (Å²) in [7, 11) is 0. The molecule has 0 aromatic heterocycles. The summed E-state index contributed by atoms with van der Waals surface area (Å²) < 4.78 is 0. The standard InChI is InChI=1S/C16H15ClN2O2/c17-13-8-9-14(15(20)11-13)16(21)19-18-10-4-7-12-5-2-1-3-6-12/h1-3,5-6,8-11,20H,4,7H2,(H,19,21)/b18-10-. The minimum Gasteiger partial charge on any atom is -0.507 e. The number of rotatable bonds is 5. The van der Waals surface area contributed by atoms with Gasteiger partial charge in [-0.3, -0.25) is 4.79 Å². The van der Waals surface area contributed by atoms with Gasteiger partial charge in [-0.05, 0) is 36.6 Å². The number of hydrogen-bond acceptors (Lipinski definition) is 3. The fourth-order valence-corrected chi connectivity index (χ4v) is 1.97. The zero-order valence-electron chi connectivity index (χ0n) is 11.3. The molecule has 2 aromatic carbocycles. The van der Waals surface area contributed by atoms with E-state index in [9.17, 15) is 9.90 Å². The van der Waals surface area contributed by atoms with Gasteiger partial charge in [0.05, 0.1) is 5.56 Å². The van der Waals surface area contributed by atoms with Crippen molar-refractivity contribution < 1.29 is 9.90 Å². The van der Waals surface area contributed by atoms with Crippen molar-refractivity contribution in [3.8, 4) is 5.75 Å². The molecule has 0 atom stereocenters. The van der Waals surface area contributed by atoms with Crippen LogP contribution in [0, 0.1) is 0 Å². The van der Waals surface area contributed by atoms with E-state index >= 15 is 0 Å². The molecular weight excluding hydrogens is 288 g/mol. The molecule has 0 bridgehead atoms. The Bertz CT molecular complexity index is 642. The number of benzene rings is 2. The Balaban J connectivity index is 1.82. The van der Waals surface area contributed by atoms with Crippen molar-refractivity contribution in [2.45, 2.75) is 12.8 Å². The molecule has 1 amide bonds. The monoisotopic (exact) mass is 302 g/mol. The van der Waals surface area contributed by atoms with E-state index in [4.69, 9.17) is 11.6 Å². The Labute approximate surface area is 128 Å². The maximum atomic E-state index is 11.8. The number of carbonyl (C=O) groups excluding carboxylic acids is 1. The number of halogens is 1. The number of aryl methyl sites for hydroxylation is 1. The van der Waals surface area contributed by atoms with Gasteiger partial charge in [-0.25, -0.2) is 5.43 Å². The van der Waals surface area contributed by atoms with E-state index in [-0.39, 0.29) is 11.3 Å². The molecule has 0 heterocycles. The Kier molecular flexibility index (Phi) is 5.35. The second kappa shape index (κ2) is 7.45. The molecule has 0 aliphatic rings. The van der Waals surface area contributed by atoms with Crippen molar-refractivity contribution in [3.63, 3.8) is 0 Å². The highest BCUT2D eigenvalue weighted by Crippen LogP contribution is 2.21. The quantitative estimate of drug-likeness (QED) is 0.657. The highest BCUT2D eigenvalue weighted by molar-refractivity contribution is 6.30. The highest BCUT2D eigenvalue weighted by atomic mass is 35.5. The molecule has 0 aliphatic carbocycles. The first kappa shape index (κ1) is 15.1. The minimum absolute atomic E-state index is 0.139. The molecule has 0 saturated heterocycles. The summed E-state index contributed by atoms with van der Waals surface area (Å²) in [6.45, 7) is 0. The summed E-state index contributed by atoms with van der Waals surface area (Å²) in [6, 6.07) is 14.3. The largest absolute Gasteiger partial charge is 0.507 e. The molecular formula is C16H15ClN2O2. The fourth-order valence-electron chi connectivity index (χ4n) is 1.80. The third-order valence-corrected chi connectivity index (χ3v) is 3.10. The highest BCUT2D eigenvalue weighted by Gasteiger charge is 2.10. The maximum absolute atomic E-state index is 11.8. The van der Waals surface area contributed by atoms with E-state index in [1.807, 2.05) is 30.3 Å². The molecule has 2 aromatic rings. The number of phenols is 1. The Morgan fingerprint density at radius 3 is 2.71 bits per heavy atom. The molecule has 0 spiro atoms. The van der Waals surface area contributed by atoms with Crippen LogP contribution in [0.2, 0.25) is 5.02 Å². The second-order valence-electron chi connectivity index (χ2n) is 4.44. The van der Waals surface area contributed by atoms with E-state index in [0.29, 0.717) is 5.02 Å². The molecule has 5 heteroatoms. The van der Waals surface area contributed by atoms with E-state index in [1.54, 1.807) is 6.21 Å². The van der Waals surface area contributed by atoms with Crippen LogP contribution in [0.4, 0.5) is 0 Å². The van der Waals surface area contributed by atoms with Gasteiger partial charge in [-0.15, -0.1) is 0 Å². The van der Waals surface area contributed by atoms with Gasteiger partial charge >= 0.3 is 0 Å². The summed E-state index contributed by atoms with van der Waals surface area (Å²) in [6.07, 6.45) is 3.21. The maximum Gasteiger partial charge on any atom is 0.275 e. The molecule has 0 radical (unpaired) electrons. The molecule has 108 valence electrons. The molecule has 2 N–H and O–H groups in total. The average molecular weight is 303 g/mol. The Hall–Kier alpha value is -2.33. The van der Waals surface area contributed by atoms with Crippen LogP contribution >= 0.6 is 11.6 Å². The third-order valence-electron chi connectivity index (χ3n) is 2.87. The zero-order chi connectivity index (χ0) is 15.1. The number of nitrogens with one attached hydrogen (secondary N) is 1. The lowest BCUT2D eigenvalue weighted by atomic mass is 10.1. The summed E-state index contributed by atoms with van der Waals surface area (Å²) in [5, 5.41) is 13.8. The van der Waals surface area contributed by atoms with Crippen LogP contribution in [-0.2, 0) is 6.42 Å². The molecule has 4 nitrogen and oxygen atoms in total. The smallest absolute Gasteiger partial charge is 0.275 e. The van der Waals surface area contributed by atoms with Crippen LogP contribution in [0.1, 0.15) is 22.3 Å². The normalized spacial score (nSPS) is 10.7. The van der Waals surface area contributed by atoms with Gasteiger partial charge in [-0.2, -0.15) is 5.10 Å². The van der Waals surface area contributed by atoms with E-state index in [2.05, 4.69) is 10.5 Å². The van der Waals surface area contributed by atoms with Crippen LogP contribution in [0.15, 0.2) is 53.6 Å². The van der Waals surface area contributed by atoms with Crippen LogP contribution in [0.25, 0.3) is 0 Å². The van der Waals surface area contributed by atoms with Crippen LogP contribution in [0.3, 0.4) is 0 Å². The fraction of sp³-hybridized carbons (Fsp3) is 0.125. The SMILES string of the molecule is O=C(N/N=C\CCc1ccccc1)c1ccc(Cl)cc1O. The summed E-state index contributed by atoms with van der Waals surface area (Å²) in [5.41, 5.74) is 3.73. The number of hydrogen-bond donors (Lipinski definition) is 2. The van der Waals surface area contributed by atoms with Crippen molar-refractivity contribution in [2.75, 3.05) is 0 Å². The Morgan fingerprint density at radius 1 is 1.24 bits per heavy atom. The van der Waals surface area contributed by atoms with Gasteiger partial charge in [0.25, 0.3) is 5.91 Å². The average Bonchev–Trinajstić information content (AvgIpc) is 2.47. The van der Waals surface area contributed by atoms with Gasteiger partial charge in [0.15, 0.2) is 0 Å². The first-order valence-electron chi connectivity index (χ1n) is 6.51. The second-order valence-corrected chi connectivity index (χ2v) is 4.87. The number of carbonyl (C=O) groups is 1. The molecule has 21 heavy (non-hydrogen) atoms. The number of aromatic hydroxyl groups is 1. The number of amides is 1. The zero-order valence-corrected chi connectivity index (χ0v) is 12.0. The summed E-state index contributed by atoms with van der Waals surface area (Å²) >= 11 is 5.70. The van der Waals surface area contributed by atoms with Crippen molar-refractivity contribution in [1.82, 2.24) is 5.43 Å². The van der Waals surface area contributed by atoms with E-state index in [1.165, 1.54) is 23.8 Å². The van der Waals surface area contributed by atoms with Crippen molar-refractivity contribution >= 4 is 23.7 Å². The first-order valence-corrected chi connectivity index (χ1v) is 6.89. The number of nitrogens with zero attached hydrogens (tertiary/aromatic N) is 1. The van der Waals surface area contributed by atoms with Crippen LogP contribution in [0.5, 0.6) is 5.75 Å². The third kappa shape index (κ3) is 4.61. The van der Waals surface area contributed by atoms with Crippen molar-refractivity contribution in [3.05, 3.63) is 64.7 Å². The van der Waals surface area contributed by atoms with E-state index in [0.717, 1.165) is 12.8 Å². The molecule has 0 fully saturated rings. The van der Waals surface area contributed by atoms with Crippen LogP contribution < -0.4 is 5.43 Å². The van der Waals surface area contributed by atoms with Gasteiger partial charge in [0, 0.05) is 11.2 Å². The molecule has 2 rings (SSSR count). The number of phenolic OH excluding ortho intramolecular Hbond substituents is 1. The minimum atomic E-state index is -0.472. The van der Waals surface area contributed by atoms with Gasteiger partial charge in [0.2, 0.25) is 0 Å². The van der Waals surface area contributed by atoms with Crippen molar-refractivity contribution in [1.29, 1.82) is 0 Å².